The van der Waals surface area contributed by atoms with Crippen molar-refractivity contribution in [1.82, 2.24) is 38.8 Å². The minimum absolute atomic E-state index is 0.105. The largest absolute Gasteiger partial charge is 0.454 e. The Bertz CT molecular complexity index is 1420. The van der Waals surface area contributed by atoms with Gasteiger partial charge in [-0.1, -0.05) is 0 Å². The highest BCUT2D eigenvalue weighted by atomic mass is 19.4. The van der Waals surface area contributed by atoms with Crippen molar-refractivity contribution in [2.24, 2.45) is 7.05 Å². The van der Waals surface area contributed by atoms with Gasteiger partial charge in [-0.2, -0.15) is 37.4 Å². The first kappa shape index (κ1) is 22.9. The van der Waals surface area contributed by atoms with Gasteiger partial charge >= 0.3 is 12.1 Å². The van der Waals surface area contributed by atoms with Gasteiger partial charge in [0.2, 0.25) is 0 Å². The average molecular weight is 491 g/mol. The van der Waals surface area contributed by atoms with Gasteiger partial charge in [-0.3, -0.25) is 18.7 Å². The smallest absolute Gasteiger partial charge is 0.292 e. The zero-order valence-corrected chi connectivity index (χ0v) is 18.3. The summed E-state index contributed by atoms with van der Waals surface area (Å²) in [6, 6.07) is 3.79. The first-order chi connectivity index (χ1) is 16.5. The second-order valence-corrected chi connectivity index (χ2v) is 8.60. The van der Waals surface area contributed by atoms with Crippen molar-refractivity contribution in [3.05, 3.63) is 43.2 Å². The molecule has 0 atom stereocenters. The van der Waals surface area contributed by atoms with E-state index in [1.807, 2.05) is 6.07 Å². The van der Waals surface area contributed by atoms with Crippen LogP contribution in [0.2, 0.25) is 0 Å². The third kappa shape index (κ3) is 3.91. The van der Waals surface area contributed by atoms with Gasteiger partial charge in [0, 0.05) is 56.6 Å². The van der Waals surface area contributed by atoms with Gasteiger partial charge in [0.25, 0.3) is 0 Å². The Morgan fingerprint density at radius 1 is 1.09 bits per heavy atom. The molecule has 1 aliphatic rings. The van der Waals surface area contributed by atoms with E-state index in [-0.39, 0.29) is 19.5 Å². The Kier molecular flexibility index (Phi) is 5.13. The molecule has 0 unspecified atom stereocenters. The fourth-order valence-electron chi connectivity index (χ4n) is 4.28. The minimum atomic E-state index is -5.64. The Labute approximate surface area is 195 Å². The summed E-state index contributed by atoms with van der Waals surface area (Å²) in [5.74, 6) is -4.35. The third-order valence-corrected chi connectivity index (χ3v) is 6.00. The molecule has 4 aromatic rings. The Morgan fingerprint density at radius 2 is 1.83 bits per heavy atom. The SMILES string of the molecule is Cn1cc(-c2cc3nccn3c(-c3cnn(C4(CC#N)CN(CC(F)(F)C(F)(F)F)C4)c3)n2)cn1. The first-order valence-corrected chi connectivity index (χ1v) is 10.4. The zero-order chi connectivity index (χ0) is 25.0. The normalized spacial score (nSPS) is 16.4. The topological polar surface area (TPSA) is 92.9 Å². The molecule has 0 amide bonds. The number of likely N-dealkylation sites (tertiary alicyclic amines) is 1. The first-order valence-electron chi connectivity index (χ1n) is 10.4. The maximum Gasteiger partial charge on any atom is 0.454 e. The molecule has 4 aromatic heterocycles. The van der Waals surface area contributed by atoms with Crippen LogP contribution in [0.1, 0.15) is 6.42 Å². The summed E-state index contributed by atoms with van der Waals surface area (Å²) in [7, 11) is 1.78. The van der Waals surface area contributed by atoms with Crippen LogP contribution in [-0.4, -0.2) is 70.6 Å². The van der Waals surface area contributed by atoms with Gasteiger partial charge in [0.1, 0.15) is 17.0 Å². The van der Waals surface area contributed by atoms with Crippen molar-refractivity contribution in [3.63, 3.8) is 0 Å². The molecule has 9 nitrogen and oxygen atoms in total. The second-order valence-electron chi connectivity index (χ2n) is 8.60. The van der Waals surface area contributed by atoms with E-state index in [1.54, 1.807) is 53.2 Å². The number of hydrogen-bond donors (Lipinski definition) is 0. The van der Waals surface area contributed by atoms with Gasteiger partial charge in [-0.15, -0.1) is 0 Å². The van der Waals surface area contributed by atoms with Gasteiger partial charge in [-0.25, -0.2) is 9.97 Å². The quantitative estimate of drug-likeness (QED) is 0.385. The highest BCUT2D eigenvalue weighted by molar-refractivity contribution is 5.68. The van der Waals surface area contributed by atoms with E-state index < -0.39 is 24.2 Å². The van der Waals surface area contributed by atoms with Gasteiger partial charge in [0.15, 0.2) is 0 Å². The monoisotopic (exact) mass is 491 g/mol. The maximum atomic E-state index is 13.5. The van der Waals surface area contributed by atoms with Crippen LogP contribution in [0.25, 0.3) is 28.3 Å². The number of hydrogen-bond acceptors (Lipinski definition) is 6. The molecule has 5 rings (SSSR count). The summed E-state index contributed by atoms with van der Waals surface area (Å²) in [6.07, 6.45) is 4.18. The molecule has 35 heavy (non-hydrogen) atoms. The van der Waals surface area contributed by atoms with Crippen molar-refractivity contribution in [1.29, 1.82) is 5.26 Å². The molecule has 5 heterocycles. The number of fused-ring (bicyclic) bond motifs is 1. The lowest BCUT2D eigenvalue weighted by molar-refractivity contribution is -0.291. The van der Waals surface area contributed by atoms with E-state index in [2.05, 4.69) is 15.2 Å². The molecule has 0 spiro atoms. The minimum Gasteiger partial charge on any atom is -0.292 e. The molecule has 1 aliphatic heterocycles. The highest BCUT2D eigenvalue weighted by Crippen LogP contribution is 2.40. The van der Waals surface area contributed by atoms with Gasteiger partial charge in [0.05, 0.1) is 42.7 Å². The molecule has 0 bridgehead atoms. The number of nitrogens with zero attached hydrogens (tertiary/aromatic N) is 9. The summed E-state index contributed by atoms with van der Waals surface area (Å²) in [6.45, 7) is -1.81. The van der Waals surface area contributed by atoms with E-state index >= 15 is 0 Å². The molecule has 0 saturated carbocycles. The van der Waals surface area contributed by atoms with E-state index in [0.717, 1.165) is 10.5 Å². The number of halogens is 5. The molecule has 0 aliphatic carbocycles. The Balaban J connectivity index is 1.46. The molecule has 0 radical (unpaired) electrons. The maximum absolute atomic E-state index is 13.5. The fraction of sp³-hybridized carbons (Fsp3) is 0.381. The summed E-state index contributed by atoms with van der Waals surface area (Å²) in [5, 5.41) is 17.8. The lowest BCUT2D eigenvalue weighted by Crippen LogP contribution is -2.65. The van der Waals surface area contributed by atoms with Crippen LogP contribution in [-0.2, 0) is 12.6 Å². The number of nitriles is 1. The second kappa shape index (κ2) is 7.84. The van der Waals surface area contributed by atoms with Crippen molar-refractivity contribution in [3.8, 4) is 28.7 Å². The molecule has 14 heteroatoms. The van der Waals surface area contributed by atoms with E-state index in [0.29, 0.717) is 22.7 Å². The number of alkyl halides is 5. The van der Waals surface area contributed by atoms with E-state index in [4.69, 9.17) is 4.98 Å². The number of rotatable bonds is 6. The van der Waals surface area contributed by atoms with Crippen molar-refractivity contribution in [2.75, 3.05) is 19.6 Å². The van der Waals surface area contributed by atoms with Crippen LogP contribution in [0, 0.1) is 11.3 Å². The molecule has 0 N–H and O–H groups in total. The molecule has 1 saturated heterocycles. The lowest BCUT2D eigenvalue weighted by Gasteiger charge is -2.49. The van der Waals surface area contributed by atoms with Gasteiger partial charge < -0.3 is 0 Å². The van der Waals surface area contributed by atoms with Crippen molar-refractivity contribution >= 4 is 5.65 Å². The van der Waals surface area contributed by atoms with Crippen LogP contribution >= 0.6 is 0 Å². The Morgan fingerprint density at radius 3 is 2.49 bits per heavy atom. The van der Waals surface area contributed by atoms with Crippen LogP contribution in [0.15, 0.2) is 43.2 Å². The molecular weight excluding hydrogens is 473 g/mol. The third-order valence-electron chi connectivity index (χ3n) is 6.00. The molecular formula is C21H18F5N9. The Hall–Kier alpha value is -3.86. The summed E-state index contributed by atoms with van der Waals surface area (Å²) in [4.78, 5) is 10.0. The van der Waals surface area contributed by atoms with Crippen LogP contribution in [0.4, 0.5) is 22.0 Å². The van der Waals surface area contributed by atoms with Crippen molar-refractivity contribution < 1.29 is 22.0 Å². The van der Waals surface area contributed by atoms with Gasteiger partial charge in [-0.05, 0) is 0 Å². The number of imidazole rings is 1. The summed E-state index contributed by atoms with van der Waals surface area (Å²) < 4.78 is 69.6. The highest BCUT2D eigenvalue weighted by Gasteiger charge is 2.60. The number of aryl methyl sites for hydroxylation is 1. The van der Waals surface area contributed by atoms with E-state index in [1.165, 1.54) is 10.9 Å². The van der Waals surface area contributed by atoms with Crippen LogP contribution in [0.3, 0.4) is 0 Å². The standard InChI is InChI=1S/C21H18F5N9/c1-32-9-14(7-29-32)16-6-17-28-4-5-34(17)18(31-16)15-8-30-35(10-15)19(2-3-27)11-33(12-19)13-20(22,23)21(24,25)26/h4-10H,2,11-13H2,1H3. The predicted molar refractivity (Wildman–Crippen MR) is 112 cm³/mol. The van der Waals surface area contributed by atoms with Crippen LogP contribution < -0.4 is 0 Å². The van der Waals surface area contributed by atoms with Crippen molar-refractivity contribution in [2.45, 2.75) is 24.1 Å². The number of aromatic nitrogens is 7. The average Bonchev–Trinajstić information content (AvgIpc) is 3.51. The fourth-order valence-corrected chi connectivity index (χ4v) is 4.28. The zero-order valence-electron chi connectivity index (χ0n) is 18.3. The van der Waals surface area contributed by atoms with E-state index in [9.17, 15) is 27.2 Å². The molecule has 1 fully saturated rings. The summed E-state index contributed by atoms with van der Waals surface area (Å²) >= 11 is 0. The predicted octanol–water partition coefficient (Wildman–Crippen LogP) is 3.12. The molecule has 182 valence electrons. The van der Waals surface area contributed by atoms with Crippen LogP contribution in [0.5, 0.6) is 0 Å². The molecule has 0 aromatic carbocycles. The summed E-state index contributed by atoms with van der Waals surface area (Å²) in [5.41, 5.74) is 1.56. The lowest BCUT2D eigenvalue weighted by atomic mass is 9.86.